The van der Waals surface area contributed by atoms with Crippen LogP contribution in [0.25, 0.3) is 0 Å². The highest BCUT2D eigenvalue weighted by atomic mass is 35.5. The van der Waals surface area contributed by atoms with Gasteiger partial charge in [-0.25, -0.2) is 0 Å². The Bertz CT molecular complexity index is 630. The van der Waals surface area contributed by atoms with Gasteiger partial charge in [0.15, 0.2) is 0 Å². The Balaban J connectivity index is 1.55. The summed E-state index contributed by atoms with van der Waals surface area (Å²) in [5.41, 5.74) is -1.16. The average Bonchev–Trinajstić information content (AvgIpc) is 3.01. The van der Waals surface area contributed by atoms with Gasteiger partial charge in [-0.1, -0.05) is 25.4 Å². The number of halogens is 1. The summed E-state index contributed by atoms with van der Waals surface area (Å²) in [4.78, 5) is 16.8. The van der Waals surface area contributed by atoms with E-state index in [1.54, 1.807) is 17.1 Å². The molecule has 7 nitrogen and oxygen atoms in total. The topological polar surface area (TPSA) is 70.8 Å². The summed E-state index contributed by atoms with van der Waals surface area (Å²) < 4.78 is 7.08. The van der Waals surface area contributed by atoms with Gasteiger partial charge in [-0.2, -0.15) is 5.10 Å². The third-order valence-electron chi connectivity index (χ3n) is 5.74. The summed E-state index contributed by atoms with van der Waals surface area (Å²) in [5.74, 6) is 0.0955. The molecule has 1 aromatic rings. The van der Waals surface area contributed by atoms with Gasteiger partial charge in [-0.15, -0.1) is 0 Å². The van der Waals surface area contributed by atoms with Gasteiger partial charge in [0.05, 0.1) is 30.0 Å². The lowest BCUT2D eigenvalue weighted by Gasteiger charge is -2.52. The van der Waals surface area contributed by atoms with E-state index in [1.807, 2.05) is 4.90 Å². The van der Waals surface area contributed by atoms with Gasteiger partial charge in [0.1, 0.15) is 0 Å². The van der Waals surface area contributed by atoms with E-state index in [-0.39, 0.29) is 11.3 Å². The Morgan fingerprint density at radius 3 is 2.69 bits per heavy atom. The number of likely N-dealkylation sites (tertiary alicyclic amines) is 1. The Morgan fingerprint density at radius 2 is 2.08 bits per heavy atom. The number of aromatic nitrogens is 2. The van der Waals surface area contributed by atoms with Crippen molar-refractivity contribution in [2.75, 3.05) is 45.9 Å². The van der Waals surface area contributed by atoms with Gasteiger partial charge in [0.25, 0.3) is 0 Å². The zero-order valence-electron chi connectivity index (χ0n) is 15.7. The first kappa shape index (κ1) is 19.6. The van der Waals surface area contributed by atoms with Crippen molar-refractivity contribution in [3.63, 3.8) is 0 Å². The molecule has 26 heavy (non-hydrogen) atoms. The molecule has 0 bridgehead atoms. The summed E-state index contributed by atoms with van der Waals surface area (Å²) in [7, 11) is 0. The van der Waals surface area contributed by atoms with Gasteiger partial charge < -0.3 is 14.7 Å². The lowest BCUT2D eigenvalue weighted by atomic mass is 9.69. The maximum atomic E-state index is 12.6. The zero-order chi connectivity index (χ0) is 18.8. The van der Waals surface area contributed by atoms with Crippen LogP contribution in [0.5, 0.6) is 0 Å². The van der Waals surface area contributed by atoms with Crippen LogP contribution in [0, 0.1) is 5.41 Å². The molecule has 1 amide bonds. The third kappa shape index (κ3) is 4.39. The van der Waals surface area contributed by atoms with Crippen LogP contribution in [0.3, 0.4) is 0 Å². The highest BCUT2D eigenvalue weighted by Gasteiger charge is 2.49. The first-order chi connectivity index (χ1) is 12.3. The summed E-state index contributed by atoms with van der Waals surface area (Å²) >= 11 is 5.85. The van der Waals surface area contributed by atoms with Crippen LogP contribution in [-0.4, -0.2) is 82.1 Å². The van der Waals surface area contributed by atoms with Crippen molar-refractivity contribution in [1.82, 2.24) is 19.6 Å². The van der Waals surface area contributed by atoms with Crippen LogP contribution in [0.15, 0.2) is 12.4 Å². The second-order valence-electron chi connectivity index (χ2n) is 8.04. The number of ether oxygens (including phenoxy) is 1. The molecule has 0 unspecified atom stereocenters. The number of hydrogen-bond acceptors (Lipinski definition) is 5. The normalized spacial score (nSPS) is 26.8. The number of piperidine rings is 1. The monoisotopic (exact) mass is 384 g/mol. The number of morpholine rings is 1. The summed E-state index contributed by atoms with van der Waals surface area (Å²) in [5, 5.41) is 16.0. The predicted molar refractivity (Wildman–Crippen MR) is 99.0 cm³/mol. The van der Waals surface area contributed by atoms with Crippen molar-refractivity contribution >= 4 is 17.5 Å². The predicted octanol–water partition coefficient (Wildman–Crippen LogP) is 1.25. The molecule has 0 spiro atoms. The fourth-order valence-electron chi connectivity index (χ4n) is 3.83. The summed E-state index contributed by atoms with van der Waals surface area (Å²) in [6.07, 6.45) is 4.27. The SMILES string of the molecule is CC1(C)CN(C(=O)CCn2cc(Cl)cn2)CC[C@]1(O)CN1CCOCC1. The molecule has 2 aliphatic heterocycles. The van der Waals surface area contributed by atoms with Gasteiger partial charge in [-0.3, -0.25) is 14.4 Å². The van der Waals surface area contributed by atoms with Crippen LogP contribution in [0.2, 0.25) is 5.02 Å². The third-order valence-corrected chi connectivity index (χ3v) is 5.93. The minimum absolute atomic E-state index is 0.0955. The number of rotatable bonds is 5. The van der Waals surface area contributed by atoms with Crippen molar-refractivity contribution in [3.05, 3.63) is 17.4 Å². The first-order valence-corrected chi connectivity index (χ1v) is 9.65. The Morgan fingerprint density at radius 1 is 1.35 bits per heavy atom. The molecule has 2 aliphatic rings. The van der Waals surface area contributed by atoms with Crippen molar-refractivity contribution in [1.29, 1.82) is 0 Å². The lowest BCUT2D eigenvalue weighted by Crippen LogP contribution is -2.63. The largest absolute Gasteiger partial charge is 0.388 e. The molecule has 0 radical (unpaired) electrons. The van der Waals surface area contributed by atoms with E-state index < -0.39 is 5.60 Å². The molecule has 146 valence electrons. The number of aryl methyl sites for hydroxylation is 1. The Labute approximate surface area is 159 Å². The fraction of sp³-hybridized carbons (Fsp3) is 0.778. The molecule has 1 N–H and O–H groups in total. The Kier molecular flexibility index (Phi) is 5.91. The second-order valence-corrected chi connectivity index (χ2v) is 8.48. The van der Waals surface area contributed by atoms with Crippen molar-refractivity contribution in [2.45, 2.75) is 38.8 Å². The molecule has 1 atom stereocenters. The number of aliphatic hydroxyl groups is 1. The molecular weight excluding hydrogens is 356 g/mol. The van der Waals surface area contributed by atoms with Crippen molar-refractivity contribution in [2.24, 2.45) is 5.41 Å². The summed E-state index contributed by atoms with van der Waals surface area (Å²) in [6.45, 7) is 9.56. The minimum Gasteiger partial charge on any atom is -0.388 e. The highest BCUT2D eigenvalue weighted by molar-refractivity contribution is 6.30. The number of amides is 1. The van der Waals surface area contributed by atoms with Gasteiger partial charge in [0.2, 0.25) is 5.91 Å². The number of hydrogen-bond donors (Lipinski definition) is 1. The standard InChI is InChI=1S/C18H29ClN4O3/c1-17(2)13-22(16(24)3-5-23-12-15(19)11-20-23)6-4-18(17,25)14-21-7-9-26-10-8-21/h11-12,25H,3-10,13-14H2,1-2H3/t18-/m0/s1. The van der Waals surface area contributed by atoms with Gasteiger partial charge in [0, 0.05) is 57.3 Å². The van der Waals surface area contributed by atoms with Crippen LogP contribution in [-0.2, 0) is 16.1 Å². The molecule has 1 aromatic heterocycles. The van der Waals surface area contributed by atoms with E-state index in [2.05, 4.69) is 23.8 Å². The summed E-state index contributed by atoms with van der Waals surface area (Å²) in [6, 6.07) is 0. The molecule has 0 aliphatic carbocycles. The van der Waals surface area contributed by atoms with E-state index >= 15 is 0 Å². The van der Waals surface area contributed by atoms with E-state index in [4.69, 9.17) is 16.3 Å². The quantitative estimate of drug-likeness (QED) is 0.827. The van der Waals surface area contributed by atoms with Crippen LogP contribution in [0.4, 0.5) is 0 Å². The van der Waals surface area contributed by atoms with E-state index in [0.717, 1.165) is 26.3 Å². The zero-order valence-corrected chi connectivity index (χ0v) is 16.4. The molecule has 3 heterocycles. The fourth-order valence-corrected chi connectivity index (χ4v) is 3.98. The molecule has 3 rings (SSSR count). The minimum atomic E-state index is -0.795. The van der Waals surface area contributed by atoms with Gasteiger partial charge in [-0.05, 0) is 6.42 Å². The molecule has 2 fully saturated rings. The molecule has 2 saturated heterocycles. The van der Waals surface area contributed by atoms with E-state index in [0.29, 0.717) is 44.0 Å². The number of nitrogens with zero attached hydrogens (tertiary/aromatic N) is 4. The maximum Gasteiger partial charge on any atom is 0.224 e. The molecule has 8 heteroatoms. The molecule has 0 saturated carbocycles. The van der Waals surface area contributed by atoms with Crippen molar-refractivity contribution < 1.29 is 14.6 Å². The number of β-amino-alcohol motifs (C(OH)–C–C–N with tert-alkyl or cyclic N) is 1. The second kappa shape index (κ2) is 7.84. The average molecular weight is 385 g/mol. The Hall–Kier alpha value is -1.15. The lowest BCUT2D eigenvalue weighted by molar-refractivity contribution is -0.157. The van der Waals surface area contributed by atoms with E-state index in [1.165, 1.54) is 0 Å². The molecule has 0 aromatic carbocycles. The molecular formula is C18H29ClN4O3. The maximum absolute atomic E-state index is 12.6. The van der Waals surface area contributed by atoms with Crippen LogP contribution < -0.4 is 0 Å². The van der Waals surface area contributed by atoms with Crippen molar-refractivity contribution in [3.8, 4) is 0 Å². The van der Waals surface area contributed by atoms with Crippen LogP contribution >= 0.6 is 11.6 Å². The number of carbonyl (C=O) groups excluding carboxylic acids is 1. The smallest absolute Gasteiger partial charge is 0.224 e. The highest BCUT2D eigenvalue weighted by Crippen LogP contribution is 2.39. The van der Waals surface area contributed by atoms with Gasteiger partial charge >= 0.3 is 0 Å². The van der Waals surface area contributed by atoms with E-state index in [9.17, 15) is 9.90 Å². The first-order valence-electron chi connectivity index (χ1n) is 9.27. The number of carbonyl (C=O) groups is 1. The van der Waals surface area contributed by atoms with Crippen LogP contribution in [0.1, 0.15) is 26.7 Å².